The van der Waals surface area contributed by atoms with Crippen LogP contribution in [0.15, 0.2) is 0 Å². The van der Waals surface area contributed by atoms with Gasteiger partial charge in [0, 0.05) is 11.9 Å². The predicted octanol–water partition coefficient (Wildman–Crippen LogP) is 2.33. The maximum absolute atomic E-state index is 9.67. The SMILES string of the molecule is FC(F)F.OCCCCBr. The third-order valence-corrected chi connectivity index (χ3v) is 1.10. The summed E-state index contributed by atoms with van der Waals surface area (Å²) < 4.78 is 29.0. The number of hydrogen-bond donors (Lipinski definition) is 1. The van der Waals surface area contributed by atoms with Gasteiger partial charge in [-0.1, -0.05) is 15.9 Å². The summed E-state index contributed by atoms with van der Waals surface area (Å²) in [5.74, 6) is 0. The monoisotopic (exact) mass is 222 g/mol. The second kappa shape index (κ2) is 12.0. The Balaban J connectivity index is 0. The highest BCUT2D eigenvalue weighted by Crippen LogP contribution is 1.90. The zero-order valence-electron chi connectivity index (χ0n) is 5.36. The van der Waals surface area contributed by atoms with Crippen LogP contribution in [0, 0.1) is 0 Å². The molecule has 0 fully saturated rings. The van der Waals surface area contributed by atoms with E-state index in [1.54, 1.807) is 0 Å². The van der Waals surface area contributed by atoms with Crippen molar-refractivity contribution in [1.82, 2.24) is 0 Å². The summed E-state index contributed by atoms with van der Waals surface area (Å²) in [7, 11) is 0. The lowest BCUT2D eigenvalue weighted by atomic mass is 10.4. The first kappa shape index (κ1) is 12.9. The molecule has 0 rings (SSSR count). The van der Waals surface area contributed by atoms with Crippen molar-refractivity contribution in [2.24, 2.45) is 0 Å². The van der Waals surface area contributed by atoms with Gasteiger partial charge in [0.15, 0.2) is 0 Å². The van der Waals surface area contributed by atoms with Gasteiger partial charge in [-0.05, 0) is 12.8 Å². The average molecular weight is 223 g/mol. The summed E-state index contributed by atoms with van der Waals surface area (Å²) in [6, 6.07) is 0. The van der Waals surface area contributed by atoms with E-state index in [1.807, 2.05) is 0 Å². The molecule has 0 aromatic rings. The largest absolute Gasteiger partial charge is 0.396 e. The van der Waals surface area contributed by atoms with Crippen molar-refractivity contribution in [3.8, 4) is 0 Å². The maximum Gasteiger partial charge on any atom is 0.379 e. The molecule has 1 nitrogen and oxygen atoms in total. The molecule has 64 valence electrons. The molecule has 0 radical (unpaired) electrons. The Kier molecular flexibility index (Phi) is 15.4. The lowest BCUT2D eigenvalue weighted by Crippen LogP contribution is -1.80. The third-order valence-electron chi connectivity index (χ3n) is 0.542. The van der Waals surface area contributed by atoms with Gasteiger partial charge in [0.05, 0.1) is 0 Å². The zero-order chi connectivity index (χ0) is 8.41. The fraction of sp³-hybridized carbons (Fsp3) is 1.00. The van der Waals surface area contributed by atoms with Crippen molar-refractivity contribution in [1.29, 1.82) is 0 Å². The first-order chi connectivity index (χ1) is 4.65. The standard InChI is InChI=1S/C4H9BrO.CHF3/c5-3-1-2-4-6;2-1(3)4/h6H,1-4H2;1H. The number of unbranched alkanes of at least 4 members (excludes halogenated alkanes) is 1. The summed E-state index contributed by atoms with van der Waals surface area (Å²) in [6.07, 6.45) is 2.00. The fourth-order valence-corrected chi connectivity index (χ4v) is 0.603. The molecule has 0 saturated heterocycles. The molecular formula is C5H10BrF3O. The van der Waals surface area contributed by atoms with Crippen LogP contribution in [0.4, 0.5) is 13.2 Å². The number of aliphatic hydroxyl groups excluding tert-OH is 1. The zero-order valence-corrected chi connectivity index (χ0v) is 6.95. The van der Waals surface area contributed by atoms with E-state index in [-0.39, 0.29) is 0 Å². The normalized spacial score (nSPS) is 9.00. The van der Waals surface area contributed by atoms with Crippen LogP contribution >= 0.6 is 15.9 Å². The van der Waals surface area contributed by atoms with Crippen molar-refractivity contribution >= 4 is 15.9 Å². The highest BCUT2D eigenvalue weighted by atomic mass is 79.9. The summed E-state index contributed by atoms with van der Waals surface area (Å²) in [6.45, 7) is -3.34. The first-order valence-electron chi connectivity index (χ1n) is 2.74. The van der Waals surface area contributed by atoms with E-state index in [1.165, 1.54) is 0 Å². The Bertz CT molecular complexity index is 47.4. The average Bonchev–Trinajstić information content (AvgIpc) is 1.82. The van der Waals surface area contributed by atoms with Gasteiger partial charge in [-0.2, -0.15) is 13.2 Å². The molecule has 0 aliphatic rings. The Hall–Kier alpha value is 0.230. The molecule has 0 aromatic carbocycles. The van der Waals surface area contributed by atoms with Crippen LogP contribution in [-0.2, 0) is 0 Å². The van der Waals surface area contributed by atoms with E-state index in [9.17, 15) is 13.2 Å². The van der Waals surface area contributed by atoms with Crippen molar-refractivity contribution in [3.63, 3.8) is 0 Å². The number of hydrogen-bond acceptors (Lipinski definition) is 1. The van der Waals surface area contributed by atoms with E-state index >= 15 is 0 Å². The van der Waals surface area contributed by atoms with Crippen LogP contribution < -0.4 is 0 Å². The Labute approximate surface area is 66.4 Å². The van der Waals surface area contributed by atoms with Crippen molar-refractivity contribution in [2.45, 2.75) is 19.5 Å². The predicted molar refractivity (Wildman–Crippen MR) is 37.2 cm³/mol. The molecule has 5 heteroatoms. The number of rotatable bonds is 3. The van der Waals surface area contributed by atoms with Gasteiger partial charge >= 0.3 is 6.68 Å². The molecule has 0 aliphatic carbocycles. The molecule has 0 saturated carbocycles. The van der Waals surface area contributed by atoms with Crippen LogP contribution in [0.5, 0.6) is 0 Å². The van der Waals surface area contributed by atoms with E-state index in [0.717, 1.165) is 18.2 Å². The van der Waals surface area contributed by atoms with Gasteiger partial charge < -0.3 is 5.11 Å². The van der Waals surface area contributed by atoms with Crippen LogP contribution in [0.1, 0.15) is 12.8 Å². The maximum atomic E-state index is 9.67. The first-order valence-corrected chi connectivity index (χ1v) is 3.86. The van der Waals surface area contributed by atoms with Gasteiger partial charge in [-0.3, -0.25) is 0 Å². The number of aliphatic hydroxyl groups is 1. The van der Waals surface area contributed by atoms with Gasteiger partial charge in [0.25, 0.3) is 0 Å². The van der Waals surface area contributed by atoms with Crippen molar-refractivity contribution in [3.05, 3.63) is 0 Å². The molecule has 0 bridgehead atoms. The molecule has 0 aromatic heterocycles. The minimum absolute atomic E-state index is 0.325. The van der Waals surface area contributed by atoms with E-state index < -0.39 is 6.68 Å². The van der Waals surface area contributed by atoms with Crippen LogP contribution in [0.3, 0.4) is 0 Å². The highest BCUT2D eigenvalue weighted by Gasteiger charge is 1.86. The van der Waals surface area contributed by atoms with Gasteiger partial charge in [0.1, 0.15) is 0 Å². The molecule has 0 unspecified atom stereocenters. The molecule has 0 atom stereocenters. The molecule has 0 amide bonds. The van der Waals surface area contributed by atoms with E-state index in [2.05, 4.69) is 15.9 Å². The quantitative estimate of drug-likeness (QED) is 0.575. The second-order valence-electron chi connectivity index (χ2n) is 1.37. The summed E-state index contributed by atoms with van der Waals surface area (Å²) in [4.78, 5) is 0. The Morgan fingerprint density at radius 1 is 1.20 bits per heavy atom. The molecule has 0 heterocycles. The molecule has 1 N–H and O–H groups in total. The molecule has 10 heavy (non-hydrogen) atoms. The molecule has 0 aliphatic heterocycles. The van der Waals surface area contributed by atoms with Crippen LogP contribution in [0.2, 0.25) is 0 Å². The van der Waals surface area contributed by atoms with E-state index in [4.69, 9.17) is 5.11 Å². The molecular weight excluding hydrogens is 213 g/mol. The van der Waals surface area contributed by atoms with Crippen molar-refractivity contribution < 1.29 is 18.3 Å². The molecule has 0 spiro atoms. The van der Waals surface area contributed by atoms with Gasteiger partial charge in [-0.25, -0.2) is 0 Å². The second-order valence-corrected chi connectivity index (χ2v) is 2.16. The highest BCUT2D eigenvalue weighted by molar-refractivity contribution is 9.09. The number of alkyl halides is 4. The van der Waals surface area contributed by atoms with E-state index in [0.29, 0.717) is 6.61 Å². The van der Waals surface area contributed by atoms with Gasteiger partial charge in [-0.15, -0.1) is 0 Å². The Morgan fingerprint density at radius 2 is 1.60 bits per heavy atom. The summed E-state index contributed by atoms with van der Waals surface area (Å²) in [5, 5.41) is 9.18. The minimum Gasteiger partial charge on any atom is -0.396 e. The summed E-state index contributed by atoms with van der Waals surface area (Å²) >= 11 is 3.24. The lowest BCUT2D eigenvalue weighted by Gasteiger charge is -1.84. The third kappa shape index (κ3) is 41.2. The fourth-order valence-electron chi connectivity index (χ4n) is 0.206. The van der Waals surface area contributed by atoms with Crippen LogP contribution in [0.25, 0.3) is 0 Å². The van der Waals surface area contributed by atoms with Crippen LogP contribution in [-0.4, -0.2) is 23.7 Å². The van der Waals surface area contributed by atoms with Crippen molar-refractivity contribution in [2.75, 3.05) is 11.9 Å². The minimum atomic E-state index is -3.67. The number of halogens is 4. The smallest absolute Gasteiger partial charge is 0.379 e. The van der Waals surface area contributed by atoms with Gasteiger partial charge in [0.2, 0.25) is 0 Å². The lowest BCUT2D eigenvalue weighted by molar-refractivity contribution is 0.00819. The topological polar surface area (TPSA) is 20.2 Å². The summed E-state index contributed by atoms with van der Waals surface area (Å²) in [5.41, 5.74) is 0. The Morgan fingerprint density at radius 3 is 1.70 bits per heavy atom.